The van der Waals surface area contributed by atoms with Gasteiger partial charge in [0.15, 0.2) is 0 Å². The Morgan fingerprint density at radius 1 is 1.29 bits per heavy atom. The highest BCUT2D eigenvalue weighted by Crippen LogP contribution is 2.29. The standard InChI is InChI=1S/C14H13F2N3O2/c1-2-6-17-13-8-9(19(20)21)7-12(18-13)14-10(15)4-3-5-11(14)16/h3-5,7-8H,2,6H2,1H3,(H,17,18). The van der Waals surface area contributed by atoms with E-state index in [0.717, 1.165) is 24.6 Å². The number of nitro groups is 1. The van der Waals surface area contributed by atoms with Crippen molar-refractivity contribution in [2.75, 3.05) is 11.9 Å². The molecule has 0 spiro atoms. The molecule has 0 amide bonds. The van der Waals surface area contributed by atoms with Crippen LogP contribution in [0.25, 0.3) is 11.3 Å². The topological polar surface area (TPSA) is 68.1 Å². The number of pyridine rings is 1. The van der Waals surface area contributed by atoms with Gasteiger partial charge in [-0.05, 0) is 18.6 Å². The first-order chi connectivity index (χ1) is 10.0. The molecule has 2 rings (SSSR count). The van der Waals surface area contributed by atoms with Gasteiger partial charge in [0.05, 0.1) is 22.2 Å². The summed E-state index contributed by atoms with van der Waals surface area (Å²) in [5, 5.41) is 13.8. The summed E-state index contributed by atoms with van der Waals surface area (Å²) < 4.78 is 27.6. The number of hydrogen-bond acceptors (Lipinski definition) is 4. The zero-order valence-corrected chi connectivity index (χ0v) is 11.3. The predicted octanol–water partition coefficient (Wildman–Crippen LogP) is 3.76. The van der Waals surface area contributed by atoms with Gasteiger partial charge in [-0.3, -0.25) is 10.1 Å². The Hall–Kier alpha value is -2.57. The second-order valence-corrected chi connectivity index (χ2v) is 4.38. The van der Waals surface area contributed by atoms with Crippen LogP contribution in [0.5, 0.6) is 0 Å². The van der Waals surface area contributed by atoms with Crippen LogP contribution in [0.4, 0.5) is 20.3 Å². The van der Waals surface area contributed by atoms with E-state index >= 15 is 0 Å². The highest BCUT2D eigenvalue weighted by molar-refractivity contribution is 5.66. The van der Waals surface area contributed by atoms with Crippen molar-refractivity contribution in [3.05, 3.63) is 52.1 Å². The summed E-state index contributed by atoms with van der Waals surface area (Å²) in [5.41, 5.74) is -0.764. The van der Waals surface area contributed by atoms with Crippen molar-refractivity contribution in [3.8, 4) is 11.3 Å². The van der Waals surface area contributed by atoms with Gasteiger partial charge in [0.2, 0.25) is 0 Å². The molecule has 0 saturated heterocycles. The molecule has 2 aromatic rings. The van der Waals surface area contributed by atoms with Crippen LogP contribution in [0.1, 0.15) is 13.3 Å². The molecule has 0 radical (unpaired) electrons. The summed E-state index contributed by atoms with van der Waals surface area (Å²) in [4.78, 5) is 14.4. The van der Waals surface area contributed by atoms with Crippen LogP contribution in [0, 0.1) is 21.7 Å². The molecule has 1 N–H and O–H groups in total. The zero-order chi connectivity index (χ0) is 15.4. The molecular weight excluding hydrogens is 280 g/mol. The van der Waals surface area contributed by atoms with E-state index in [1.165, 1.54) is 12.1 Å². The van der Waals surface area contributed by atoms with Gasteiger partial charge in [-0.1, -0.05) is 13.0 Å². The molecule has 21 heavy (non-hydrogen) atoms. The third kappa shape index (κ3) is 3.31. The molecule has 5 nitrogen and oxygen atoms in total. The van der Waals surface area contributed by atoms with E-state index in [1.54, 1.807) is 0 Å². The molecule has 0 fully saturated rings. The molecule has 1 aromatic carbocycles. The third-order valence-electron chi connectivity index (χ3n) is 2.80. The molecule has 0 atom stereocenters. The molecule has 7 heteroatoms. The van der Waals surface area contributed by atoms with Crippen LogP contribution >= 0.6 is 0 Å². The normalized spacial score (nSPS) is 10.4. The van der Waals surface area contributed by atoms with E-state index < -0.39 is 16.6 Å². The quantitative estimate of drug-likeness (QED) is 0.673. The molecule has 110 valence electrons. The average Bonchev–Trinajstić information content (AvgIpc) is 2.44. The van der Waals surface area contributed by atoms with Gasteiger partial charge in [-0.15, -0.1) is 0 Å². The number of hydrogen-bond donors (Lipinski definition) is 1. The number of benzene rings is 1. The van der Waals surface area contributed by atoms with Crippen molar-refractivity contribution >= 4 is 11.5 Å². The first kappa shape index (κ1) is 14.8. The average molecular weight is 293 g/mol. The fourth-order valence-corrected chi connectivity index (χ4v) is 1.84. The number of halogens is 2. The van der Waals surface area contributed by atoms with Crippen molar-refractivity contribution in [2.24, 2.45) is 0 Å². The summed E-state index contributed by atoms with van der Waals surface area (Å²) >= 11 is 0. The van der Waals surface area contributed by atoms with Crippen molar-refractivity contribution in [1.82, 2.24) is 4.98 Å². The first-order valence-corrected chi connectivity index (χ1v) is 6.37. The summed E-state index contributed by atoms with van der Waals surface area (Å²) in [6, 6.07) is 5.68. The molecular formula is C14H13F2N3O2. The maximum atomic E-state index is 13.8. The largest absolute Gasteiger partial charge is 0.370 e. The van der Waals surface area contributed by atoms with Crippen LogP contribution in [0.2, 0.25) is 0 Å². The maximum Gasteiger partial charge on any atom is 0.275 e. The Kier molecular flexibility index (Phi) is 4.42. The Morgan fingerprint density at radius 3 is 2.52 bits per heavy atom. The van der Waals surface area contributed by atoms with Crippen molar-refractivity contribution in [1.29, 1.82) is 0 Å². The molecule has 0 aliphatic heterocycles. The molecule has 0 aliphatic carbocycles. The summed E-state index contributed by atoms with van der Waals surface area (Å²) in [6.07, 6.45) is 0.785. The van der Waals surface area contributed by atoms with Crippen LogP contribution in [0.15, 0.2) is 30.3 Å². The molecule has 0 saturated carbocycles. The fourth-order valence-electron chi connectivity index (χ4n) is 1.84. The number of rotatable bonds is 5. The zero-order valence-electron chi connectivity index (χ0n) is 11.3. The van der Waals surface area contributed by atoms with Crippen LogP contribution in [-0.2, 0) is 0 Å². The second-order valence-electron chi connectivity index (χ2n) is 4.38. The van der Waals surface area contributed by atoms with Crippen LogP contribution in [-0.4, -0.2) is 16.5 Å². The lowest BCUT2D eigenvalue weighted by molar-refractivity contribution is -0.384. The second kappa shape index (κ2) is 6.25. The van der Waals surface area contributed by atoms with Gasteiger partial charge in [-0.2, -0.15) is 0 Å². The minimum atomic E-state index is -0.815. The molecule has 1 heterocycles. The van der Waals surface area contributed by atoms with E-state index in [9.17, 15) is 18.9 Å². The lowest BCUT2D eigenvalue weighted by Crippen LogP contribution is -2.04. The third-order valence-corrected chi connectivity index (χ3v) is 2.80. The summed E-state index contributed by atoms with van der Waals surface area (Å²) in [5.74, 6) is -1.42. The lowest BCUT2D eigenvalue weighted by Gasteiger charge is -2.08. The van der Waals surface area contributed by atoms with E-state index in [-0.39, 0.29) is 22.8 Å². The van der Waals surface area contributed by atoms with Gasteiger partial charge in [0.25, 0.3) is 5.69 Å². The molecule has 0 aliphatic rings. The molecule has 1 aromatic heterocycles. The predicted molar refractivity (Wildman–Crippen MR) is 75.0 cm³/mol. The van der Waals surface area contributed by atoms with Crippen molar-refractivity contribution in [2.45, 2.75) is 13.3 Å². The SMILES string of the molecule is CCCNc1cc([N+](=O)[O-])cc(-c2c(F)cccc2F)n1. The van der Waals surface area contributed by atoms with Gasteiger partial charge >= 0.3 is 0 Å². The summed E-state index contributed by atoms with van der Waals surface area (Å²) in [7, 11) is 0. The minimum absolute atomic E-state index is 0.113. The fraction of sp³-hybridized carbons (Fsp3) is 0.214. The smallest absolute Gasteiger partial charge is 0.275 e. The highest BCUT2D eigenvalue weighted by atomic mass is 19.1. The number of nitrogens with zero attached hydrogens (tertiary/aromatic N) is 2. The van der Waals surface area contributed by atoms with Gasteiger partial charge < -0.3 is 5.32 Å². The van der Waals surface area contributed by atoms with Gasteiger partial charge in [-0.25, -0.2) is 13.8 Å². The van der Waals surface area contributed by atoms with Crippen molar-refractivity contribution < 1.29 is 13.7 Å². The monoisotopic (exact) mass is 293 g/mol. The highest BCUT2D eigenvalue weighted by Gasteiger charge is 2.17. The van der Waals surface area contributed by atoms with Crippen LogP contribution in [0.3, 0.4) is 0 Å². The summed E-state index contributed by atoms with van der Waals surface area (Å²) in [6.45, 7) is 2.47. The lowest BCUT2D eigenvalue weighted by atomic mass is 10.1. The minimum Gasteiger partial charge on any atom is -0.370 e. The van der Waals surface area contributed by atoms with Gasteiger partial charge in [0, 0.05) is 12.6 Å². The van der Waals surface area contributed by atoms with Crippen LogP contribution < -0.4 is 5.32 Å². The number of anilines is 1. The molecule has 0 unspecified atom stereocenters. The Labute approximate surface area is 119 Å². The Balaban J connectivity index is 2.57. The van der Waals surface area contributed by atoms with Crippen molar-refractivity contribution in [3.63, 3.8) is 0 Å². The van der Waals surface area contributed by atoms with Gasteiger partial charge in [0.1, 0.15) is 17.5 Å². The molecule has 0 bridgehead atoms. The maximum absolute atomic E-state index is 13.8. The van der Waals surface area contributed by atoms with E-state index in [4.69, 9.17) is 0 Å². The number of aromatic nitrogens is 1. The van der Waals surface area contributed by atoms with E-state index in [0.29, 0.717) is 6.54 Å². The Morgan fingerprint density at radius 2 is 1.95 bits per heavy atom. The Bertz CT molecular complexity index is 657. The first-order valence-electron chi connectivity index (χ1n) is 6.37. The number of nitrogens with one attached hydrogen (secondary N) is 1. The van der Waals surface area contributed by atoms with E-state index in [2.05, 4.69) is 10.3 Å². The van der Waals surface area contributed by atoms with E-state index in [1.807, 2.05) is 6.92 Å².